The third kappa shape index (κ3) is 2.88. The first-order valence-electron chi connectivity index (χ1n) is 13.8. The van der Waals surface area contributed by atoms with Crippen LogP contribution in [0.3, 0.4) is 0 Å². The van der Waals surface area contributed by atoms with Gasteiger partial charge in [0.15, 0.2) is 0 Å². The summed E-state index contributed by atoms with van der Waals surface area (Å²) in [6, 6.07) is 53.0. The fraction of sp³-hybridized carbons (Fsp3) is 0. The summed E-state index contributed by atoms with van der Waals surface area (Å²) in [7, 11) is 0. The fourth-order valence-electron chi connectivity index (χ4n) is 6.76. The number of pyridine rings is 1. The number of hydrogen-bond donors (Lipinski definition) is 0. The Balaban J connectivity index is 1.48. The van der Waals surface area contributed by atoms with Crippen LogP contribution in [0.1, 0.15) is 0 Å². The normalized spacial score (nSPS) is 12.0. The number of fused-ring (bicyclic) bond motifs is 12. The monoisotopic (exact) mass is 508 g/mol. The van der Waals surface area contributed by atoms with Gasteiger partial charge in [0.25, 0.3) is 0 Å². The average molecular weight is 509 g/mol. The lowest BCUT2D eigenvalue weighted by molar-refractivity contribution is 1.19. The summed E-state index contributed by atoms with van der Waals surface area (Å²) >= 11 is 0. The van der Waals surface area contributed by atoms with Crippen molar-refractivity contribution in [1.82, 2.24) is 8.97 Å². The molecular formula is C38H24N2. The van der Waals surface area contributed by atoms with Gasteiger partial charge in [-0.2, -0.15) is 0 Å². The highest BCUT2D eigenvalue weighted by atomic mass is 15.0. The second-order valence-electron chi connectivity index (χ2n) is 10.6. The van der Waals surface area contributed by atoms with E-state index in [4.69, 9.17) is 0 Å². The van der Waals surface area contributed by atoms with Crippen LogP contribution in [0.2, 0.25) is 0 Å². The van der Waals surface area contributed by atoms with E-state index in [9.17, 15) is 0 Å². The predicted octanol–water partition coefficient (Wildman–Crippen LogP) is 10.2. The quantitative estimate of drug-likeness (QED) is 0.206. The highest BCUT2D eigenvalue weighted by Crippen LogP contribution is 2.41. The molecule has 9 aromatic rings. The second kappa shape index (κ2) is 8.08. The summed E-state index contributed by atoms with van der Waals surface area (Å²) in [5.41, 5.74) is 9.79. The standard InChI is InChI=1S/C38H24N2/c1-2-11-25(12-3-1)26-13-10-14-27(23-26)39-34-19-8-7-18-31(34)32-21-22-36-33(38(32)39)24-37-30-17-5-4-15-28(30)29-16-6-9-20-35(29)40(36)37/h1-24H. The molecule has 0 radical (unpaired) electrons. The molecule has 6 aromatic carbocycles. The van der Waals surface area contributed by atoms with E-state index in [2.05, 4.69) is 155 Å². The lowest BCUT2D eigenvalue weighted by atomic mass is 10.0. The van der Waals surface area contributed by atoms with Gasteiger partial charge in [-0.15, -0.1) is 0 Å². The molecule has 0 atom stereocenters. The van der Waals surface area contributed by atoms with Gasteiger partial charge >= 0.3 is 0 Å². The van der Waals surface area contributed by atoms with Gasteiger partial charge in [0, 0.05) is 32.6 Å². The van der Waals surface area contributed by atoms with Crippen molar-refractivity contribution < 1.29 is 0 Å². The van der Waals surface area contributed by atoms with Crippen LogP contribution in [0.5, 0.6) is 0 Å². The van der Waals surface area contributed by atoms with Crippen LogP contribution >= 0.6 is 0 Å². The zero-order valence-electron chi connectivity index (χ0n) is 21.8. The van der Waals surface area contributed by atoms with Crippen LogP contribution in [-0.2, 0) is 0 Å². The molecule has 0 spiro atoms. The second-order valence-corrected chi connectivity index (χ2v) is 10.6. The molecule has 0 aliphatic heterocycles. The summed E-state index contributed by atoms with van der Waals surface area (Å²) in [6.07, 6.45) is 0. The number of nitrogens with zero attached hydrogens (tertiary/aromatic N) is 2. The van der Waals surface area contributed by atoms with E-state index in [1.54, 1.807) is 0 Å². The maximum absolute atomic E-state index is 2.46. The number of rotatable bonds is 2. The van der Waals surface area contributed by atoms with Crippen molar-refractivity contribution in [3.63, 3.8) is 0 Å². The molecule has 0 fully saturated rings. The molecule has 0 unspecified atom stereocenters. The molecule has 2 heteroatoms. The number of para-hydroxylation sites is 2. The largest absolute Gasteiger partial charge is 0.309 e. The van der Waals surface area contributed by atoms with Crippen molar-refractivity contribution in [1.29, 1.82) is 0 Å². The number of hydrogen-bond acceptors (Lipinski definition) is 0. The zero-order valence-corrected chi connectivity index (χ0v) is 21.8. The Morgan fingerprint density at radius 2 is 0.925 bits per heavy atom. The van der Waals surface area contributed by atoms with Gasteiger partial charge in [0.1, 0.15) is 0 Å². The highest BCUT2D eigenvalue weighted by Gasteiger charge is 2.19. The van der Waals surface area contributed by atoms with Gasteiger partial charge < -0.3 is 8.97 Å². The first-order chi connectivity index (χ1) is 19.9. The fourth-order valence-corrected chi connectivity index (χ4v) is 6.76. The van der Waals surface area contributed by atoms with E-state index >= 15 is 0 Å². The van der Waals surface area contributed by atoms with Gasteiger partial charge in [-0.3, -0.25) is 0 Å². The molecule has 3 heterocycles. The van der Waals surface area contributed by atoms with Crippen LogP contribution in [-0.4, -0.2) is 8.97 Å². The average Bonchev–Trinajstić information content (AvgIpc) is 3.59. The Labute approximate surface area is 230 Å². The van der Waals surface area contributed by atoms with E-state index in [0.29, 0.717) is 0 Å². The molecule has 9 rings (SSSR count). The summed E-state index contributed by atoms with van der Waals surface area (Å²) in [4.78, 5) is 0. The zero-order chi connectivity index (χ0) is 26.2. The van der Waals surface area contributed by atoms with Crippen LogP contribution in [0.4, 0.5) is 0 Å². The van der Waals surface area contributed by atoms with Crippen LogP contribution in [0, 0.1) is 0 Å². The summed E-state index contributed by atoms with van der Waals surface area (Å²) in [6.45, 7) is 0. The first-order valence-corrected chi connectivity index (χ1v) is 13.8. The molecule has 0 aliphatic rings. The maximum Gasteiger partial charge on any atom is 0.0635 e. The van der Waals surface area contributed by atoms with Crippen molar-refractivity contribution in [3.8, 4) is 16.8 Å². The summed E-state index contributed by atoms with van der Waals surface area (Å²) in [5.74, 6) is 0. The van der Waals surface area contributed by atoms with E-state index < -0.39 is 0 Å². The predicted molar refractivity (Wildman–Crippen MR) is 170 cm³/mol. The molecule has 0 amide bonds. The van der Waals surface area contributed by atoms with Gasteiger partial charge in [0.2, 0.25) is 0 Å². The molecule has 0 saturated heterocycles. The summed E-state index contributed by atoms with van der Waals surface area (Å²) < 4.78 is 4.91. The Morgan fingerprint density at radius 1 is 0.325 bits per heavy atom. The molecule has 40 heavy (non-hydrogen) atoms. The van der Waals surface area contributed by atoms with Gasteiger partial charge in [0.05, 0.1) is 27.6 Å². The molecule has 0 N–H and O–H groups in total. The molecule has 186 valence electrons. The highest BCUT2D eigenvalue weighted by molar-refractivity contribution is 6.22. The minimum atomic E-state index is 1.17. The van der Waals surface area contributed by atoms with Gasteiger partial charge in [-0.25, -0.2) is 0 Å². The molecular weight excluding hydrogens is 484 g/mol. The minimum absolute atomic E-state index is 1.17. The Bertz CT molecular complexity index is 2420. The lowest BCUT2D eigenvalue weighted by Gasteiger charge is -2.11. The van der Waals surface area contributed by atoms with Crippen LogP contribution in [0.25, 0.3) is 76.7 Å². The molecule has 0 bridgehead atoms. The van der Waals surface area contributed by atoms with Gasteiger partial charge in [-0.05, 0) is 52.9 Å². The molecule has 3 aromatic heterocycles. The Hall–Kier alpha value is -5.34. The van der Waals surface area contributed by atoms with Crippen molar-refractivity contribution >= 4 is 59.9 Å². The first kappa shape index (κ1) is 21.6. The third-order valence-electron chi connectivity index (χ3n) is 8.47. The summed E-state index contributed by atoms with van der Waals surface area (Å²) in [5, 5.41) is 7.66. The number of benzene rings is 6. The van der Waals surface area contributed by atoms with E-state index in [-0.39, 0.29) is 0 Å². The van der Waals surface area contributed by atoms with E-state index in [1.807, 2.05) is 0 Å². The van der Waals surface area contributed by atoms with Crippen molar-refractivity contribution in [3.05, 3.63) is 146 Å². The van der Waals surface area contributed by atoms with Crippen molar-refractivity contribution in [2.75, 3.05) is 0 Å². The van der Waals surface area contributed by atoms with Crippen molar-refractivity contribution in [2.24, 2.45) is 0 Å². The van der Waals surface area contributed by atoms with Crippen LogP contribution < -0.4 is 0 Å². The third-order valence-corrected chi connectivity index (χ3v) is 8.47. The smallest absolute Gasteiger partial charge is 0.0635 e. The molecule has 0 aliphatic carbocycles. The maximum atomic E-state index is 2.46. The molecule has 2 nitrogen and oxygen atoms in total. The van der Waals surface area contributed by atoms with Crippen molar-refractivity contribution in [2.45, 2.75) is 0 Å². The minimum Gasteiger partial charge on any atom is -0.309 e. The van der Waals surface area contributed by atoms with Crippen LogP contribution in [0.15, 0.2) is 146 Å². The number of aromatic nitrogens is 2. The molecule has 0 saturated carbocycles. The SMILES string of the molecule is c1ccc(-c2cccc(-n3c4ccccc4c4ccc5c(cc6c7ccccc7c7ccccc7n65)c43)c2)cc1. The topological polar surface area (TPSA) is 9.34 Å². The Kier molecular flexibility index (Phi) is 4.36. The van der Waals surface area contributed by atoms with E-state index in [1.165, 1.54) is 76.7 Å². The lowest BCUT2D eigenvalue weighted by Crippen LogP contribution is -1.95. The Morgan fingerprint density at radius 3 is 1.73 bits per heavy atom. The van der Waals surface area contributed by atoms with Gasteiger partial charge in [-0.1, -0.05) is 109 Å². The van der Waals surface area contributed by atoms with E-state index in [0.717, 1.165) is 0 Å².